The smallest absolute Gasteiger partial charge is 0.298 e. The Morgan fingerprint density at radius 2 is 1.90 bits per heavy atom. The van der Waals surface area contributed by atoms with Crippen molar-refractivity contribution in [3.63, 3.8) is 0 Å². The van der Waals surface area contributed by atoms with Gasteiger partial charge in [0.15, 0.2) is 5.58 Å². The highest BCUT2D eigenvalue weighted by Crippen LogP contribution is 2.38. The Bertz CT molecular complexity index is 1430. The molecule has 2 saturated heterocycles. The molecule has 206 valence electrons. The number of thiazole rings is 1. The summed E-state index contributed by atoms with van der Waals surface area (Å²) in [6.07, 6.45) is 3.48. The number of rotatable bonds is 5. The number of anilines is 3. The van der Waals surface area contributed by atoms with E-state index in [2.05, 4.69) is 33.3 Å². The number of amides is 1. The molecule has 6 rings (SSSR count). The number of ether oxygens (including phenoxy) is 1. The molecule has 3 aromatic rings. The molecule has 0 saturated carbocycles. The molecule has 0 spiro atoms. The summed E-state index contributed by atoms with van der Waals surface area (Å²) in [7, 11) is 0. The highest BCUT2D eigenvalue weighted by Gasteiger charge is 2.35. The van der Waals surface area contributed by atoms with Crippen molar-refractivity contribution in [3.8, 4) is 0 Å². The number of nitrogens with one attached hydrogen (secondary N) is 1. The normalized spacial score (nSPS) is 23.2. The number of carbonyl (C=O) groups excluding carboxylic acids is 1. The van der Waals surface area contributed by atoms with Gasteiger partial charge in [0.25, 0.3) is 17.8 Å². The molecule has 0 bridgehead atoms. The van der Waals surface area contributed by atoms with Gasteiger partial charge in [-0.2, -0.15) is 4.98 Å². The lowest BCUT2D eigenvalue weighted by atomic mass is 9.93. The molecule has 3 aliphatic heterocycles. The molecule has 0 aliphatic carbocycles. The number of benzene rings is 1. The van der Waals surface area contributed by atoms with E-state index < -0.39 is 5.92 Å². The average molecular weight is 557 g/mol. The number of aliphatic imine (C=N–C) groups is 1. The van der Waals surface area contributed by atoms with Crippen LogP contribution in [0.25, 0.3) is 11.1 Å². The van der Waals surface area contributed by atoms with Crippen LogP contribution in [0.2, 0.25) is 0 Å². The fraction of sp³-hybridized carbons (Fsp3) is 0.481. The van der Waals surface area contributed by atoms with Gasteiger partial charge in [-0.15, -0.1) is 11.3 Å². The first kappa shape index (κ1) is 25.9. The van der Waals surface area contributed by atoms with E-state index in [1.807, 2.05) is 29.0 Å². The van der Waals surface area contributed by atoms with Crippen LogP contribution in [0, 0.1) is 5.92 Å². The number of allylic oxidation sites excluding steroid dienone is 2. The number of fused-ring (bicyclic) bond motifs is 1. The molecule has 1 aromatic carbocycles. The van der Waals surface area contributed by atoms with Crippen molar-refractivity contribution in [2.45, 2.75) is 38.5 Å². The second-order valence-electron chi connectivity index (χ2n) is 10.3. The fourth-order valence-corrected chi connectivity index (χ4v) is 6.07. The number of hydrogen-bond acceptors (Lipinski definition) is 9. The van der Waals surface area contributed by atoms with Gasteiger partial charge in [-0.1, -0.05) is 13.0 Å². The second kappa shape index (κ2) is 10.3. The Hall–Kier alpha value is -3.38. The van der Waals surface area contributed by atoms with Crippen LogP contribution in [-0.4, -0.2) is 67.4 Å². The zero-order valence-electron chi connectivity index (χ0n) is 21.8. The van der Waals surface area contributed by atoms with Gasteiger partial charge in [0.1, 0.15) is 16.2 Å². The quantitative estimate of drug-likeness (QED) is 0.455. The maximum absolute atomic E-state index is 13.9. The van der Waals surface area contributed by atoms with Crippen LogP contribution in [0.3, 0.4) is 0 Å². The number of nitrogens with zero attached hydrogens (tertiary/aromatic N) is 5. The highest BCUT2D eigenvalue weighted by atomic mass is 32.1. The number of oxazole rings is 1. The van der Waals surface area contributed by atoms with Gasteiger partial charge < -0.3 is 24.3 Å². The monoisotopic (exact) mass is 556 g/mol. The summed E-state index contributed by atoms with van der Waals surface area (Å²) in [4.78, 5) is 30.9. The third-order valence-electron chi connectivity index (χ3n) is 7.40. The Morgan fingerprint density at radius 3 is 2.67 bits per heavy atom. The third-order valence-corrected chi connectivity index (χ3v) is 8.35. The van der Waals surface area contributed by atoms with Gasteiger partial charge >= 0.3 is 0 Å². The molecular weight excluding hydrogens is 526 g/mol. The summed E-state index contributed by atoms with van der Waals surface area (Å²) >= 11 is 1.44. The van der Waals surface area contributed by atoms with Gasteiger partial charge in [0, 0.05) is 74.2 Å². The lowest BCUT2D eigenvalue weighted by molar-refractivity contribution is -0.0220. The van der Waals surface area contributed by atoms with Gasteiger partial charge in [0.05, 0.1) is 24.6 Å². The Labute approximate surface area is 228 Å². The fourth-order valence-electron chi connectivity index (χ4n) is 5.09. The summed E-state index contributed by atoms with van der Waals surface area (Å²) in [5.74, 6) is -2.82. The van der Waals surface area contributed by atoms with Crippen LogP contribution < -0.4 is 15.1 Å². The van der Waals surface area contributed by atoms with Gasteiger partial charge in [-0.25, -0.2) is 13.8 Å². The predicted octanol–water partition coefficient (Wildman–Crippen LogP) is 5.32. The van der Waals surface area contributed by atoms with Crippen LogP contribution in [0.15, 0.2) is 38.7 Å². The maximum atomic E-state index is 13.9. The van der Waals surface area contributed by atoms with Crippen LogP contribution >= 0.6 is 11.3 Å². The first-order valence-corrected chi connectivity index (χ1v) is 14.0. The number of hydrogen-bond donors (Lipinski definition) is 1. The molecule has 3 aliphatic rings. The van der Waals surface area contributed by atoms with Gasteiger partial charge in [0.2, 0.25) is 0 Å². The minimum atomic E-state index is -2.69. The number of halogens is 2. The van der Waals surface area contributed by atoms with Crippen molar-refractivity contribution in [2.24, 2.45) is 10.9 Å². The number of carbonyl (C=O) groups is 1. The Morgan fingerprint density at radius 1 is 1.13 bits per heavy atom. The molecule has 2 fully saturated rings. The number of piperidine rings is 1. The molecule has 5 heterocycles. The Balaban J connectivity index is 1.30. The first-order valence-electron chi connectivity index (χ1n) is 13.2. The largest absolute Gasteiger partial charge is 0.423 e. The highest BCUT2D eigenvalue weighted by molar-refractivity contribution is 7.10. The summed E-state index contributed by atoms with van der Waals surface area (Å²) in [5.41, 5.74) is 3.46. The number of aromatic nitrogens is 2. The molecule has 2 atom stereocenters. The lowest BCUT2D eigenvalue weighted by Gasteiger charge is -2.34. The van der Waals surface area contributed by atoms with Crippen LogP contribution in [0.5, 0.6) is 0 Å². The van der Waals surface area contributed by atoms with E-state index in [0.717, 1.165) is 10.7 Å². The molecule has 39 heavy (non-hydrogen) atoms. The van der Waals surface area contributed by atoms with E-state index >= 15 is 0 Å². The third kappa shape index (κ3) is 5.40. The summed E-state index contributed by atoms with van der Waals surface area (Å²) in [6, 6.07) is 4.02. The molecule has 1 N–H and O–H groups in total. The molecular formula is C27H30F2N6O3S. The van der Waals surface area contributed by atoms with E-state index in [-0.39, 0.29) is 43.7 Å². The minimum absolute atomic E-state index is 0.0591. The summed E-state index contributed by atoms with van der Waals surface area (Å²) in [5, 5.41) is 5.57. The van der Waals surface area contributed by atoms with E-state index in [0.29, 0.717) is 60.5 Å². The summed E-state index contributed by atoms with van der Waals surface area (Å²) in [6.45, 7) is 6.86. The van der Waals surface area contributed by atoms with Crippen molar-refractivity contribution in [2.75, 3.05) is 54.5 Å². The molecule has 2 unspecified atom stereocenters. The molecule has 12 heteroatoms. The van der Waals surface area contributed by atoms with E-state index in [1.54, 1.807) is 11.4 Å². The van der Waals surface area contributed by atoms with E-state index in [1.165, 1.54) is 11.3 Å². The van der Waals surface area contributed by atoms with Gasteiger partial charge in [-0.05, 0) is 13.0 Å². The van der Waals surface area contributed by atoms with E-state index in [9.17, 15) is 13.6 Å². The van der Waals surface area contributed by atoms with Crippen LogP contribution in [0.4, 0.5) is 26.2 Å². The number of morpholine rings is 1. The maximum Gasteiger partial charge on any atom is 0.298 e. The first-order chi connectivity index (χ1) is 18.8. The Kier molecular flexibility index (Phi) is 6.84. The molecule has 0 radical (unpaired) electrons. The standard InChI is InChI=1S/C27H30F2N6O3S/c1-16-14-30-17(2)11-18(16)25-32-21(15-39-25)24(36)31-19-13-23-20(33-26(38-23)35-7-9-37-10-8-35)12-22(19)34-5-3-27(28,29)4-6-34/h11-16,18H,3-10H2,1-2H3,(H,31,36). The van der Waals surface area contributed by atoms with Crippen molar-refractivity contribution >= 4 is 51.9 Å². The number of alkyl halides is 2. The SMILES string of the molecule is CC1=CC(c2nc(C(=O)Nc3cc4oc(N5CCOCC5)nc4cc3N3CCC(F)(F)CC3)cs2)C(C)C=N1. The topological polar surface area (TPSA) is 96.1 Å². The molecule has 2 aromatic heterocycles. The predicted molar refractivity (Wildman–Crippen MR) is 148 cm³/mol. The second-order valence-corrected chi connectivity index (χ2v) is 11.2. The van der Waals surface area contributed by atoms with Crippen LogP contribution in [0.1, 0.15) is 48.1 Å². The van der Waals surface area contributed by atoms with Crippen molar-refractivity contribution in [1.29, 1.82) is 0 Å². The van der Waals surface area contributed by atoms with Crippen LogP contribution in [-0.2, 0) is 4.74 Å². The van der Waals surface area contributed by atoms with E-state index in [4.69, 9.17) is 9.15 Å². The zero-order valence-corrected chi connectivity index (χ0v) is 22.6. The summed E-state index contributed by atoms with van der Waals surface area (Å²) < 4.78 is 39.4. The lowest BCUT2D eigenvalue weighted by Crippen LogP contribution is -2.39. The minimum Gasteiger partial charge on any atom is -0.423 e. The van der Waals surface area contributed by atoms with Crippen molar-refractivity contribution in [3.05, 3.63) is 40.0 Å². The molecule has 1 amide bonds. The molecule has 9 nitrogen and oxygen atoms in total. The van der Waals surface area contributed by atoms with Crippen molar-refractivity contribution < 1.29 is 22.7 Å². The zero-order chi connectivity index (χ0) is 27.1. The average Bonchev–Trinajstić information content (AvgIpc) is 3.58. The van der Waals surface area contributed by atoms with Gasteiger partial charge in [-0.3, -0.25) is 9.79 Å². The van der Waals surface area contributed by atoms with Crippen molar-refractivity contribution in [1.82, 2.24) is 9.97 Å².